The summed E-state index contributed by atoms with van der Waals surface area (Å²) in [6.45, 7) is 1.93. The summed E-state index contributed by atoms with van der Waals surface area (Å²) in [5.74, 6) is -0.0418. The molecule has 8 nitrogen and oxygen atoms in total. The van der Waals surface area contributed by atoms with E-state index >= 15 is 0 Å². The van der Waals surface area contributed by atoms with E-state index in [9.17, 15) is 13.2 Å². The molecule has 1 aromatic rings. The summed E-state index contributed by atoms with van der Waals surface area (Å²) in [5, 5.41) is 0.441. The Morgan fingerprint density at radius 2 is 1.84 bits per heavy atom. The molecule has 2 saturated heterocycles. The van der Waals surface area contributed by atoms with Gasteiger partial charge in [0.05, 0.1) is 30.2 Å². The lowest BCUT2D eigenvalue weighted by molar-refractivity contribution is -0.135. The Labute approximate surface area is 152 Å². The standard InChI is InChI=1S/C15H21ClN4O4S/c1-25(22,23)20-6-2-11(3-7-20)14(21)19-5-4-13(10-19)24-15-17-8-12(16)9-18-15/h8-9,11,13H,2-7,10H2,1H3. The van der Waals surface area contributed by atoms with Gasteiger partial charge >= 0.3 is 6.01 Å². The minimum atomic E-state index is -3.18. The molecule has 0 aliphatic carbocycles. The molecule has 0 saturated carbocycles. The Balaban J connectivity index is 1.50. The molecule has 0 N–H and O–H groups in total. The minimum Gasteiger partial charge on any atom is -0.458 e. The third-order valence-corrected chi connectivity index (χ3v) is 6.10. The highest BCUT2D eigenvalue weighted by Gasteiger charge is 2.35. The predicted octanol–water partition coefficient (Wildman–Crippen LogP) is 0.781. The third kappa shape index (κ3) is 4.59. The van der Waals surface area contributed by atoms with Gasteiger partial charge in [-0.05, 0) is 12.8 Å². The van der Waals surface area contributed by atoms with Crippen LogP contribution in [0, 0.1) is 5.92 Å². The minimum absolute atomic E-state index is 0.0799. The first kappa shape index (κ1) is 18.3. The maximum Gasteiger partial charge on any atom is 0.316 e. The molecule has 1 atom stereocenters. The molecule has 0 aromatic carbocycles. The van der Waals surface area contributed by atoms with Gasteiger partial charge in [-0.15, -0.1) is 0 Å². The fourth-order valence-corrected chi connectivity index (χ4v) is 4.20. The van der Waals surface area contributed by atoms with Crippen LogP contribution in [-0.4, -0.2) is 72.0 Å². The van der Waals surface area contributed by atoms with Gasteiger partial charge in [0.2, 0.25) is 15.9 Å². The number of rotatable bonds is 4. The van der Waals surface area contributed by atoms with Crippen molar-refractivity contribution >= 4 is 27.5 Å². The molecule has 138 valence electrons. The van der Waals surface area contributed by atoms with E-state index in [0.717, 1.165) is 6.42 Å². The number of nitrogens with zero attached hydrogens (tertiary/aromatic N) is 4. The summed E-state index contributed by atoms with van der Waals surface area (Å²) < 4.78 is 30.2. The van der Waals surface area contributed by atoms with Gasteiger partial charge in [-0.2, -0.15) is 0 Å². The molecule has 0 bridgehead atoms. The molecule has 3 rings (SSSR count). The Morgan fingerprint density at radius 3 is 2.44 bits per heavy atom. The van der Waals surface area contributed by atoms with Gasteiger partial charge in [-0.25, -0.2) is 22.7 Å². The van der Waals surface area contributed by atoms with Crippen LogP contribution in [-0.2, 0) is 14.8 Å². The number of carbonyl (C=O) groups is 1. The molecular formula is C15H21ClN4O4S. The van der Waals surface area contributed by atoms with Crippen molar-refractivity contribution in [1.29, 1.82) is 0 Å². The van der Waals surface area contributed by atoms with Gasteiger partial charge in [0.15, 0.2) is 0 Å². The van der Waals surface area contributed by atoms with Crippen LogP contribution in [0.1, 0.15) is 19.3 Å². The molecule has 2 aliphatic heterocycles. The lowest BCUT2D eigenvalue weighted by Crippen LogP contribution is -2.43. The maximum absolute atomic E-state index is 12.7. The Bertz CT molecular complexity index is 720. The third-order valence-electron chi connectivity index (χ3n) is 4.60. The molecule has 3 heterocycles. The summed E-state index contributed by atoms with van der Waals surface area (Å²) in [7, 11) is -3.18. The van der Waals surface area contributed by atoms with Crippen LogP contribution in [0.5, 0.6) is 6.01 Å². The number of hydrogen-bond acceptors (Lipinski definition) is 6. The molecule has 25 heavy (non-hydrogen) atoms. The van der Waals surface area contributed by atoms with Gasteiger partial charge < -0.3 is 9.64 Å². The topological polar surface area (TPSA) is 92.7 Å². The van der Waals surface area contributed by atoms with Gasteiger partial charge in [-0.1, -0.05) is 11.6 Å². The largest absolute Gasteiger partial charge is 0.458 e. The molecule has 1 unspecified atom stereocenters. The summed E-state index contributed by atoms with van der Waals surface area (Å²) in [4.78, 5) is 22.4. The second-order valence-electron chi connectivity index (χ2n) is 6.43. The van der Waals surface area contributed by atoms with Crippen molar-refractivity contribution in [2.45, 2.75) is 25.4 Å². The van der Waals surface area contributed by atoms with Crippen molar-refractivity contribution in [1.82, 2.24) is 19.2 Å². The first-order valence-electron chi connectivity index (χ1n) is 8.21. The number of sulfonamides is 1. The van der Waals surface area contributed by atoms with Crippen molar-refractivity contribution in [3.05, 3.63) is 17.4 Å². The highest BCUT2D eigenvalue weighted by atomic mass is 35.5. The van der Waals surface area contributed by atoms with Crippen LogP contribution in [0.25, 0.3) is 0 Å². The van der Waals surface area contributed by atoms with E-state index in [1.807, 2.05) is 0 Å². The SMILES string of the molecule is CS(=O)(=O)N1CCC(C(=O)N2CCC(Oc3ncc(Cl)cn3)C2)CC1. The van der Waals surface area contributed by atoms with Gasteiger partial charge in [0, 0.05) is 32.0 Å². The summed E-state index contributed by atoms with van der Waals surface area (Å²) in [6.07, 6.45) is 5.86. The maximum atomic E-state index is 12.7. The van der Waals surface area contributed by atoms with E-state index in [1.54, 1.807) is 4.90 Å². The number of amides is 1. The van der Waals surface area contributed by atoms with Crippen molar-refractivity contribution in [3.8, 4) is 6.01 Å². The highest BCUT2D eigenvalue weighted by molar-refractivity contribution is 7.88. The molecule has 1 amide bonds. The smallest absolute Gasteiger partial charge is 0.316 e. The molecule has 2 fully saturated rings. The highest BCUT2D eigenvalue weighted by Crippen LogP contribution is 2.24. The molecule has 0 radical (unpaired) electrons. The first-order valence-corrected chi connectivity index (χ1v) is 10.4. The van der Waals surface area contributed by atoms with E-state index in [-0.39, 0.29) is 23.9 Å². The second-order valence-corrected chi connectivity index (χ2v) is 8.85. The van der Waals surface area contributed by atoms with Crippen LogP contribution < -0.4 is 4.74 Å². The summed E-state index contributed by atoms with van der Waals surface area (Å²) in [6, 6.07) is 0.255. The molecular weight excluding hydrogens is 368 g/mol. The normalized spacial score (nSPS) is 23.0. The van der Waals surface area contributed by atoms with E-state index in [0.29, 0.717) is 44.0 Å². The van der Waals surface area contributed by atoms with Crippen LogP contribution in [0.3, 0.4) is 0 Å². The van der Waals surface area contributed by atoms with Crippen molar-refractivity contribution < 1.29 is 17.9 Å². The fourth-order valence-electron chi connectivity index (χ4n) is 3.23. The van der Waals surface area contributed by atoms with Crippen molar-refractivity contribution in [3.63, 3.8) is 0 Å². The second kappa shape index (κ2) is 7.43. The predicted molar refractivity (Wildman–Crippen MR) is 91.8 cm³/mol. The number of likely N-dealkylation sites (tertiary alicyclic amines) is 1. The van der Waals surface area contributed by atoms with E-state index in [2.05, 4.69) is 9.97 Å². The van der Waals surface area contributed by atoms with E-state index < -0.39 is 10.0 Å². The number of ether oxygens (including phenoxy) is 1. The van der Waals surface area contributed by atoms with Gasteiger partial charge in [0.1, 0.15) is 6.10 Å². The zero-order chi connectivity index (χ0) is 18.0. The first-order chi connectivity index (χ1) is 11.8. The van der Waals surface area contributed by atoms with Crippen molar-refractivity contribution in [2.75, 3.05) is 32.4 Å². The summed E-state index contributed by atoms with van der Waals surface area (Å²) >= 11 is 5.74. The molecule has 1 aromatic heterocycles. The van der Waals surface area contributed by atoms with Crippen LogP contribution in [0.15, 0.2) is 12.4 Å². The summed E-state index contributed by atoms with van der Waals surface area (Å²) in [5.41, 5.74) is 0. The number of piperidine rings is 1. The van der Waals surface area contributed by atoms with Crippen LogP contribution >= 0.6 is 11.6 Å². The number of carbonyl (C=O) groups excluding carboxylic acids is 1. The quantitative estimate of drug-likeness (QED) is 0.756. The zero-order valence-electron chi connectivity index (χ0n) is 14.0. The van der Waals surface area contributed by atoms with Gasteiger partial charge in [0.25, 0.3) is 0 Å². The zero-order valence-corrected chi connectivity index (χ0v) is 15.5. The van der Waals surface area contributed by atoms with Crippen molar-refractivity contribution in [2.24, 2.45) is 5.92 Å². The Hall–Kier alpha value is -1.45. The average Bonchev–Trinajstić information content (AvgIpc) is 3.04. The fraction of sp³-hybridized carbons (Fsp3) is 0.667. The lowest BCUT2D eigenvalue weighted by Gasteiger charge is -2.31. The Kier molecular flexibility index (Phi) is 5.45. The molecule has 2 aliphatic rings. The van der Waals surface area contributed by atoms with Crippen LogP contribution in [0.2, 0.25) is 5.02 Å². The Morgan fingerprint density at radius 1 is 1.20 bits per heavy atom. The number of halogens is 1. The van der Waals surface area contributed by atoms with Gasteiger partial charge in [-0.3, -0.25) is 4.79 Å². The molecule has 10 heteroatoms. The number of aromatic nitrogens is 2. The van der Waals surface area contributed by atoms with E-state index in [1.165, 1.54) is 23.0 Å². The monoisotopic (exact) mass is 388 g/mol. The lowest BCUT2D eigenvalue weighted by atomic mass is 9.97. The average molecular weight is 389 g/mol. The number of hydrogen-bond donors (Lipinski definition) is 0. The molecule has 0 spiro atoms. The van der Waals surface area contributed by atoms with E-state index in [4.69, 9.17) is 16.3 Å². The van der Waals surface area contributed by atoms with Crippen LogP contribution in [0.4, 0.5) is 0 Å².